The van der Waals surface area contributed by atoms with E-state index in [1.807, 2.05) is 49.5 Å². The van der Waals surface area contributed by atoms with Gasteiger partial charge in [-0.05, 0) is 48.0 Å². The van der Waals surface area contributed by atoms with Gasteiger partial charge in [-0.3, -0.25) is 19.3 Å². The lowest BCUT2D eigenvalue weighted by atomic mass is 9.99. The molecule has 0 unspecified atom stereocenters. The molecule has 5 aromatic rings. The van der Waals surface area contributed by atoms with Crippen molar-refractivity contribution in [1.29, 1.82) is 0 Å². The summed E-state index contributed by atoms with van der Waals surface area (Å²) < 4.78 is 31.4. The summed E-state index contributed by atoms with van der Waals surface area (Å²) in [6.07, 6.45) is 1.63. The van der Waals surface area contributed by atoms with E-state index in [0.717, 1.165) is 16.0 Å². The Labute approximate surface area is 282 Å². The van der Waals surface area contributed by atoms with Crippen molar-refractivity contribution in [3.63, 3.8) is 0 Å². The Hall–Kier alpha value is -4.22. The number of amides is 1. The first kappa shape index (κ1) is 35.6. The van der Waals surface area contributed by atoms with E-state index in [4.69, 9.17) is 5.73 Å². The summed E-state index contributed by atoms with van der Waals surface area (Å²) in [5.74, 6) is -2.43. The van der Waals surface area contributed by atoms with Crippen molar-refractivity contribution in [3.05, 3.63) is 123 Å². The third-order valence-electron chi connectivity index (χ3n) is 7.71. The highest BCUT2D eigenvalue weighted by atomic mass is 35.5. The van der Waals surface area contributed by atoms with E-state index in [0.29, 0.717) is 34.6 Å². The van der Waals surface area contributed by atoms with Gasteiger partial charge in [0.2, 0.25) is 11.3 Å². The van der Waals surface area contributed by atoms with Gasteiger partial charge in [0.25, 0.3) is 0 Å². The van der Waals surface area contributed by atoms with E-state index >= 15 is 0 Å². The van der Waals surface area contributed by atoms with Crippen LogP contribution in [0.2, 0.25) is 0 Å². The summed E-state index contributed by atoms with van der Waals surface area (Å²) in [6, 6.07) is 20.9. The Morgan fingerprint density at radius 2 is 1.60 bits per heavy atom. The van der Waals surface area contributed by atoms with Crippen molar-refractivity contribution in [3.8, 4) is 10.4 Å². The number of halogens is 3. The molecule has 0 radical (unpaired) electrons. The van der Waals surface area contributed by atoms with Crippen LogP contribution in [0.3, 0.4) is 0 Å². The lowest BCUT2D eigenvalue weighted by Crippen LogP contribution is -2.24. The average molecular weight is 679 g/mol. The molecule has 0 fully saturated rings. The third-order valence-corrected chi connectivity index (χ3v) is 9.03. The Morgan fingerprint density at radius 3 is 2.21 bits per heavy atom. The number of benzene rings is 3. The number of anilines is 1. The molecule has 0 aliphatic carbocycles. The first-order valence-electron chi connectivity index (χ1n) is 15.1. The number of nitrogens with two attached hydrogens (primary N) is 1. The molecular weight excluding hydrogens is 642 g/mol. The van der Waals surface area contributed by atoms with Crippen molar-refractivity contribution in [2.75, 3.05) is 18.9 Å². The molecule has 7 nitrogen and oxygen atoms in total. The van der Waals surface area contributed by atoms with Crippen molar-refractivity contribution in [2.45, 2.75) is 39.9 Å². The molecule has 0 spiro atoms. The molecule has 0 atom stereocenters. The summed E-state index contributed by atoms with van der Waals surface area (Å²) >= 11 is 1.33. The summed E-state index contributed by atoms with van der Waals surface area (Å²) in [5.41, 5.74) is 8.11. The van der Waals surface area contributed by atoms with Gasteiger partial charge in [-0.2, -0.15) is 0 Å². The number of nitrogens with one attached hydrogen (secondary N) is 1. The summed E-state index contributed by atoms with van der Waals surface area (Å²) in [4.78, 5) is 43.0. The number of carbonyl (C=O) groups is 2. The topological polar surface area (TPSA) is 97.4 Å². The number of rotatable bonds is 12. The fourth-order valence-electron chi connectivity index (χ4n) is 5.42. The highest BCUT2D eigenvalue weighted by Gasteiger charge is 2.26. The van der Waals surface area contributed by atoms with E-state index in [-0.39, 0.29) is 54.7 Å². The monoisotopic (exact) mass is 678 g/mol. The van der Waals surface area contributed by atoms with Crippen LogP contribution in [-0.4, -0.2) is 34.7 Å². The lowest BCUT2D eigenvalue weighted by molar-refractivity contribution is -0.116. The zero-order valence-electron chi connectivity index (χ0n) is 26.4. The molecule has 0 saturated carbocycles. The van der Waals surface area contributed by atoms with Crippen molar-refractivity contribution in [2.24, 2.45) is 11.7 Å². The molecule has 1 amide bonds. The van der Waals surface area contributed by atoms with Crippen LogP contribution >= 0.6 is 23.7 Å². The summed E-state index contributed by atoms with van der Waals surface area (Å²) in [5, 5.41) is 3.17. The number of carbonyl (C=O) groups excluding carboxylic acids is 2. The maximum absolute atomic E-state index is 14.9. The second-order valence-electron chi connectivity index (χ2n) is 11.6. The van der Waals surface area contributed by atoms with Crippen LogP contribution in [0.4, 0.5) is 14.5 Å². The zero-order chi connectivity index (χ0) is 33.0. The molecule has 47 heavy (non-hydrogen) atoms. The highest BCUT2D eigenvalue weighted by molar-refractivity contribution is 7.22. The fourth-order valence-corrected chi connectivity index (χ4v) is 6.71. The van der Waals surface area contributed by atoms with Crippen molar-refractivity contribution >= 4 is 51.3 Å². The number of pyridine rings is 1. The number of fused-ring (bicyclic) bond motifs is 1. The minimum absolute atomic E-state index is 0. The molecular formula is C36H37ClF2N4O3S. The maximum atomic E-state index is 14.9. The van der Waals surface area contributed by atoms with E-state index in [1.165, 1.54) is 35.7 Å². The average Bonchev–Trinajstić information content (AvgIpc) is 3.40. The quantitative estimate of drug-likeness (QED) is 0.136. The second kappa shape index (κ2) is 15.6. The molecule has 3 N–H and O–H groups in total. The first-order chi connectivity index (χ1) is 22.1. The molecule has 2 heterocycles. The number of Topliss-reactive ketones (excluding diaryl/α,β-unsaturated/α-hetero) is 1. The Bertz CT molecular complexity index is 1920. The zero-order valence-corrected chi connectivity index (χ0v) is 28.0. The molecule has 246 valence electrons. The minimum atomic E-state index is -0.713. The van der Waals surface area contributed by atoms with Crippen LogP contribution in [0.1, 0.15) is 47.3 Å². The van der Waals surface area contributed by atoms with Gasteiger partial charge >= 0.3 is 0 Å². The van der Waals surface area contributed by atoms with Gasteiger partial charge in [-0.25, -0.2) is 8.78 Å². The van der Waals surface area contributed by atoms with Gasteiger partial charge in [0.1, 0.15) is 16.5 Å². The fraction of sp³-hybridized carbons (Fsp3) is 0.250. The Morgan fingerprint density at radius 1 is 0.936 bits per heavy atom. The number of hydrogen-bond acceptors (Lipinski definition) is 6. The molecule has 0 aliphatic heterocycles. The van der Waals surface area contributed by atoms with Crippen LogP contribution in [0.15, 0.2) is 83.8 Å². The number of aromatic nitrogens is 1. The van der Waals surface area contributed by atoms with Crippen molar-refractivity contribution in [1.82, 2.24) is 9.47 Å². The number of hydrogen-bond donors (Lipinski definition) is 2. The summed E-state index contributed by atoms with van der Waals surface area (Å²) in [6.45, 7) is 4.42. The van der Waals surface area contributed by atoms with Gasteiger partial charge in [0.05, 0.1) is 17.5 Å². The number of thiophene rings is 1. The standard InChI is InChI=1S/C36H36F2N4O3S.ClH/c1-22(2)33(44)28-21-42(20-26-29(37)10-7-11-30(26)38)36-32(34(28)45)27(19-41(3)18-23-8-5-4-6-9-23)35(46-36)24-12-14-25(15-13-24)40-31(43)16-17-39;/h4-15,21-22H,16-20,39H2,1-3H3,(H,40,43);1H. The Kier molecular flexibility index (Phi) is 11.8. The predicted molar refractivity (Wildman–Crippen MR) is 187 cm³/mol. The maximum Gasteiger partial charge on any atom is 0.225 e. The van der Waals surface area contributed by atoms with Crippen LogP contribution in [0.5, 0.6) is 0 Å². The van der Waals surface area contributed by atoms with Crippen molar-refractivity contribution < 1.29 is 18.4 Å². The van der Waals surface area contributed by atoms with Gasteiger partial charge < -0.3 is 15.6 Å². The van der Waals surface area contributed by atoms with Gasteiger partial charge in [-0.15, -0.1) is 23.7 Å². The SMILES string of the molecule is CC(C)C(=O)c1cn(Cc2c(F)cccc2F)c2sc(-c3ccc(NC(=O)CCN)cc3)c(CN(C)Cc3ccccc3)c2c1=O.Cl. The third kappa shape index (κ3) is 8.02. The molecule has 0 saturated heterocycles. The molecule has 3 aromatic carbocycles. The minimum Gasteiger partial charge on any atom is -0.334 e. The summed E-state index contributed by atoms with van der Waals surface area (Å²) in [7, 11) is 1.95. The molecule has 11 heteroatoms. The van der Waals surface area contributed by atoms with Crippen LogP contribution in [0, 0.1) is 17.6 Å². The highest BCUT2D eigenvalue weighted by Crippen LogP contribution is 2.39. The molecule has 2 aromatic heterocycles. The molecule has 0 bridgehead atoms. The molecule has 0 aliphatic rings. The normalized spacial score (nSPS) is 11.2. The van der Waals surface area contributed by atoms with E-state index < -0.39 is 23.0 Å². The van der Waals surface area contributed by atoms with Gasteiger partial charge in [-0.1, -0.05) is 62.4 Å². The van der Waals surface area contributed by atoms with Crippen LogP contribution < -0.4 is 16.5 Å². The number of nitrogens with zero attached hydrogens (tertiary/aromatic N) is 2. The Balaban J connectivity index is 0.00000500. The van der Waals surface area contributed by atoms with E-state index in [1.54, 1.807) is 30.5 Å². The van der Waals surface area contributed by atoms with Crippen LogP contribution in [-0.2, 0) is 24.4 Å². The van der Waals surface area contributed by atoms with Gasteiger partial charge in [0.15, 0.2) is 5.78 Å². The van der Waals surface area contributed by atoms with Gasteiger partial charge in [0, 0.05) is 54.3 Å². The largest absolute Gasteiger partial charge is 0.334 e. The van der Waals surface area contributed by atoms with Crippen LogP contribution in [0.25, 0.3) is 20.7 Å². The van der Waals surface area contributed by atoms with E-state index in [9.17, 15) is 23.2 Å². The second-order valence-corrected chi connectivity index (χ2v) is 12.6. The lowest BCUT2D eigenvalue weighted by Gasteiger charge is -2.18. The number of ketones is 1. The van der Waals surface area contributed by atoms with E-state index in [2.05, 4.69) is 10.2 Å². The first-order valence-corrected chi connectivity index (χ1v) is 15.9. The molecule has 5 rings (SSSR count). The predicted octanol–water partition coefficient (Wildman–Crippen LogP) is 7.24. The smallest absolute Gasteiger partial charge is 0.225 e.